The Morgan fingerprint density at radius 3 is 2.45 bits per heavy atom. The van der Waals surface area contributed by atoms with Crippen molar-refractivity contribution in [3.8, 4) is 0 Å². The number of hydrogen-bond acceptors (Lipinski definition) is 6. The highest BCUT2D eigenvalue weighted by molar-refractivity contribution is 8.01. The van der Waals surface area contributed by atoms with Crippen molar-refractivity contribution in [3.63, 3.8) is 0 Å². The van der Waals surface area contributed by atoms with Gasteiger partial charge in [0.1, 0.15) is 5.82 Å². The zero-order valence-corrected chi connectivity index (χ0v) is 19.2. The topological polar surface area (TPSA) is 108 Å². The van der Waals surface area contributed by atoms with Crippen LogP contribution in [0.15, 0.2) is 46.8 Å². The number of carbonyl (C=O) groups excluding carboxylic acids is 2. The predicted molar refractivity (Wildman–Crippen MR) is 127 cm³/mol. The van der Waals surface area contributed by atoms with Crippen LogP contribution in [0.2, 0.25) is 0 Å². The number of anilines is 2. The summed E-state index contributed by atoms with van der Waals surface area (Å²) < 4.78 is 14.5. The van der Waals surface area contributed by atoms with E-state index >= 15 is 0 Å². The minimum atomic E-state index is -0.919. The van der Waals surface area contributed by atoms with E-state index in [-0.39, 0.29) is 23.4 Å². The lowest BCUT2D eigenvalue weighted by atomic mass is 9.78. The van der Waals surface area contributed by atoms with Crippen molar-refractivity contribution in [2.24, 2.45) is 11.8 Å². The van der Waals surface area contributed by atoms with Crippen molar-refractivity contribution in [1.29, 1.82) is 0 Å². The maximum atomic E-state index is 13.0. The number of halogens is 1. The monoisotopic (exact) mass is 487 g/mol. The van der Waals surface area contributed by atoms with Crippen LogP contribution < -0.4 is 10.6 Å². The van der Waals surface area contributed by atoms with Gasteiger partial charge in [0, 0.05) is 11.4 Å². The number of nitrogens with zero attached hydrogens (tertiary/aromatic N) is 1. The Morgan fingerprint density at radius 1 is 1.03 bits per heavy atom. The molecule has 0 bridgehead atoms. The molecule has 1 aliphatic carbocycles. The van der Waals surface area contributed by atoms with Crippen LogP contribution in [0.4, 0.5) is 15.8 Å². The number of rotatable bonds is 7. The summed E-state index contributed by atoms with van der Waals surface area (Å²) in [5.74, 6) is -2.80. The smallest absolute Gasteiger partial charge is 0.307 e. The molecule has 1 saturated carbocycles. The summed E-state index contributed by atoms with van der Waals surface area (Å²) >= 11 is 2.70. The Kier molecular flexibility index (Phi) is 7.24. The molecule has 0 radical (unpaired) electrons. The van der Waals surface area contributed by atoms with Crippen molar-refractivity contribution >= 4 is 62.5 Å². The number of fused-ring (bicyclic) bond motifs is 1. The summed E-state index contributed by atoms with van der Waals surface area (Å²) in [6, 6.07) is 10.9. The molecule has 3 N–H and O–H groups in total. The lowest BCUT2D eigenvalue weighted by molar-refractivity contribution is -0.147. The van der Waals surface area contributed by atoms with Gasteiger partial charge in [0.2, 0.25) is 11.8 Å². The lowest BCUT2D eigenvalue weighted by Crippen LogP contribution is -2.36. The van der Waals surface area contributed by atoms with Gasteiger partial charge < -0.3 is 15.7 Å². The molecule has 0 unspecified atom stereocenters. The molecule has 0 saturated heterocycles. The Labute approximate surface area is 197 Å². The van der Waals surface area contributed by atoms with Crippen LogP contribution in [-0.2, 0) is 14.4 Å². The number of thioether (sulfide) groups is 1. The first-order valence-electron chi connectivity index (χ1n) is 10.5. The summed E-state index contributed by atoms with van der Waals surface area (Å²) in [4.78, 5) is 40.9. The summed E-state index contributed by atoms with van der Waals surface area (Å²) in [6.45, 7) is 0. The highest BCUT2D eigenvalue weighted by Crippen LogP contribution is 2.33. The van der Waals surface area contributed by atoms with Gasteiger partial charge in [-0.2, -0.15) is 0 Å². The van der Waals surface area contributed by atoms with Crippen molar-refractivity contribution in [1.82, 2.24) is 4.98 Å². The van der Waals surface area contributed by atoms with E-state index in [2.05, 4.69) is 15.6 Å². The van der Waals surface area contributed by atoms with E-state index in [0.717, 1.165) is 23.1 Å². The average molecular weight is 488 g/mol. The fourth-order valence-corrected chi connectivity index (χ4v) is 5.78. The van der Waals surface area contributed by atoms with E-state index in [1.165, 1.54) is 47.4 Å². The normalized spacial score (nSPS) is 18.1. The maximum absolute atomic E-state index is 13.0. The van der Waals surface area contributed by atoms with Gasteiger partial charge in [-0.05, 0) is 55.3 Å². The van der Waals surface area contributed by atoms with Crippen LogP contribution in [0.1, 0.15) is 25.7 Å². The van der Waals surface area contributed by atoms with E-state index in [1.54, 1.807) is 12.1 Å². The molecule has 0 aliphatic heterocycles. The molecular formula is C23H22FN3O4S2. The van der Waals surface area contributed by atoms with Gasteiger partial charge >= 0.3 is 5.97 Å². The molecule has 10 heteroatoms. The number of aromatic nitrogens is 1. The second kappa shape index (κ2) is 10.3. The molecule has 172 valence electrons. The van der Waals surface area contributed by atoms with Gasteiger partial charge in [0.05, 0.1) is 27.8 Å². The highest BCUT2D eigenvalue weighted by atomic mass is 32.2. The predicted octanol–water partition coefficient (Wildman–Crippen LogP) is 5.00. The number of amides is 2. The van der Waals surface area contributed by atoms with Crippen molar-refractivity contribution in [2.75, 3.05) is 16.4 Å². The van der Waals surface area contributed by atoms with Gasteiger partial charge in [-0.25, -0.2) is 9.37 Å². The van der Waals surface area contributed by atoms with E-state index in [0.29, 0.717) is 28.6 Å². The first kappa shape index (κ1) is 23.2. The molecule has 3 aromatic rings. The lowest BCUT2D eigenvalue weighted by Gasteiger charge is -2.27. The fourth-order valence-electron chi connectivity index (χ4n) is 3.88. The molecule has 1 aliphatic rings. The van der Waals surface area contributed by atoms with Gasteiger partial charge in [0.15, 0.2) is 4.34 Å². The van der Waals surface area contributed by atoms with Crippen LogP contribution in [0.3, 0.4) is 0 Å². The highest BCUT2D eigenvalue weighted by Gasteiger charge is 2.35. The van der Waals surface area contributed by atoms with Gasteiger partial charge in [0.25, 0.3) is 0 Å². The SMILES string of the molecule is O=C(CSc1nc2ccc(NC(=O)[C@@H]3CCCC[C@H]3C(=O)O)cc2s1)Nc1ccc(F)cc1. The number of thiazole rings is 1. The minimum absolute atomic E-state index is 0.152. The molecule has 1 fully saturated rings. The Bertz CT molecular complexity index is 1180. The van der Waals surface area contributed by atoms with Crippen molar-refractivity contribution in [3.05, 3.63) is 48.3 Å². The van der Waals surface area contributed by atoms with Crippen LogP contribution in [0.25, 0.3) is 10.2 Å². The van der Waals surface area contributed by atoms with Crippen LogP contribution in [0, 0.1) is 17.7 Å². The number of hydrogen-bond donors (Lipinski definition) is 3. The molecule has 4 rings (SSSR count). The summed E-state index contributed by atoms with van der Waals surface area (Å²) in [5, 5.41) is 15.0. The largest absolute Gasteiger partial charge is 0.481 e. The molecule has 2 atom stereocenters. The number of carbonyl (C=O) groups is 3. The third-order valence-electron chi connectivity index (χ3n) is 5.51. The molecule has 2 amide bonds. The first-order chi connectivity index (χ1) is 15.9. The number of nitrogens with one attached hydrogen (secondary N) is 2. The number of benzene rings is 2. The van der Waals surface area contributed by atoms with Gasteiger partial charge in [-0.1, -0.05) is 24.6 Å². The molecule has 1 heterocycles. The van der Waals surface area contributed by atoms with Gasteiger partial charge in [-0.3, -0.25) is 14.4 Å². The summed E-state index contributed by atoms with van der Waals surface area (Å²) in [6.07, 6.45) is 2.78. The number of carboxylic acid groups (broad SMARTS) is 1. The summed E-state index contributed by atoms with van der Waals surface area (Å²) in [5.41, 5.74) is 1.87. The molecular weight excluding hydrogens is 465 g/mol. The van der Waals surface area contributed by atoms with E-state index in [4.69, 9.17) is 0 Å². The van der Waals surface area contributed by atoms with Crippen molar-refractivity contribution < 1.29 is 23.9 Å². The third-order valence-corrected chi connectivity index (χ3v) is 7.67. The zero-order chi connectivity index (χ0) is 23.4. The first-order valence-corrected chi connectivity index (χ1v) is 12.3. The van der Waals surface area contributed by atoms with E-state index in [1.807, 2.05) is 6.07 Å². The summed E-state index contributed by atoms with van der Waals surface area (Å²) in [7, 11) is 0. The number of aliphatic carboxylic acids is 1. The maximum Gasteiger partial charge on any atom is 0.307 e. The van der Waals surface area contributed by atoms with Crippen LogP contribution in [-0.4, -0.2) is 33.6 Å². The van der Waals surface area contributed by atoms with E-state index in [9.17, 15) is 23.9 Å². The van der Waals surface area contributed by atoms with Crippen LogP contribution >= 0.6 is 23.1 Å². The quantitative estimate of drug-likeness (QED) is 0.405. The standard InChI is InChI=1S/C23H22FN3O4S2/c24-13-5-7-14(8-6-13)25-20(28)12-32-23-27-18-10-9-15(11-19(18)33-23)26-21(29)16-3-1-2-4-17(16)22(30)31/h5-11,16-17H,1-4,12H2,(H,25,28)(H,26,29)(H,30,31)/t16-,17-/m1/s1. The van der Waals surface area contributed by atoms with Gasteiger partial charge in [-0.15, -0.1) is 11.3 Å². The molecule has 0 spiro atoms. The molecule has 7 nitrogen and oxygen atoms in total. The molecule has 33 heavy (non-hydrogen) atoms. The Hall–Kier alpha value is -2.98. The Balaban J connectivity index is 1.36. The zero-order valence-electron chi connectivity index (χ0n) is 17.5. The Morgan fingerprint density at radius 2 is 1.73 bits per heavy atom. The second-order valence-electron chi connectivity index (χ2n) is 7.83. The number of carboxylic acids is 1. The third kappa shape index (κ3) is 5.88. The molecule has 1 aromatic heterocycles. The molecule has 2 aromatic carbocycles. The van der Waals surface area contributed by atoms with E-state index < -0.39 is 17.8 Å². The average Bonchev–Trinajstić information content (AvgIpc) is 3.21. The minimum Gasteiger partial charge on any atom is -0.481 e. The fraction of sp³-hybridized carbons (Fsp3) is 0.304. The van der Waals surface area contributed by atoms with Crippen molar-refractivity contribution in [2.45, 2.75) is 30.0 Å². The second-order valence-corrected chi connectivity index (χ2v) is 10.1. The van der Waals surface area contributed by atoms with Crippen LogP contribution in [0.5, 0.6) is 0 Å².